The SMILES string of the molecule is BrC1CC1c1nccs1. The Bertz CT molecular complexity index is 197. The van der Waals surface area contributed by atoms with Gasteiger partial charge in [-0.2, -0.15) is 0 Å². The van der Waals surface area contributed by atoms with Gasteiger partial charge in [0.15, 0.2) is 0 Å². The average molecular weight is 204 g/mol. The highest BCUT2D eigenvalue weighted by atomic mass is 79.9. The first-order valence-corrected chi connectivity index (χ1v) is 4.71. The molecule has 0 aromatic carbocycles. The van der Waals surface area contributed by atoms with Crippen LogP contribution in [-0.4, -0.2) is 9.81 Å². The summed E-state index contributed by atoms with van der Waals surface area (Å²) in [5.74, 6) is 0.727. The van der Waals surface area contributed by atoms with Gasteiger partial charge < -0.3 is 0 Å². The van der Waals surface area contributed by atoms with Crippen LogP contribution < -0.4 is 0 Å². The lowest BCUT2D eigenvalue weighted by Gasteiger charge is -1.83. The molecule has 1 aliphatic rings. The van der Waals surface area contributed by atoms with Crippen LogP contribution in [-0.2, 0) is 0 Å². The number of hydrogen-bond acceptors (Lipinski definition) is 2. The molecule has 0 spiro atoms. The molecule has 1 fully saturated rings. The van der Waals surface area contributed by atoms with E-state index in [4.69, 9.17) is 0 Å². The molecule has 48 valence electrons. The van der Waals surface area contributed by atoms with E-state index in [1.54, 1.807) is 11.3 Å². The van der Waals surface area contributed by atoms with Gasteiger partial charge >= 0.3 is 0 Å². The monoisotopic (exact) mass is 203 g/mol. The second-order valence-electron chi connectivity index (χ2n) is 2.23. The summed E-state index contributed by atoms with van der Waals surface area (Å²) < 4.78 is 0. The number of nitrogens with zero attached hydrogens (tertiary/aromatic N) is 1. The molecule has 0 amide bonds. The zero-order chi connectivity index (χ0) is 6.27. The van der Waals surface area contributed by atoms with E-state index >= 15 is 0 Å². The molecule has 0 N–H and O–H groups in total. The van der Waals surface area contributed by atoms with Crippen molar-refractivity contribution in [3.8, 4) is 0 Å². The van der Waals surface area contributed by atoms with E-state index in [2.05, 4.69) is 20.9 Å². The zero-order valence-electron chi connectivity index (χ0n) is 4.75. The van der Waals surface area contributed by atoms with Gasteiger partial charge in [0.05, 0.1) is 5.01 Å². The van der Waals surface area contributed by atoms with Crippen molar-refractivity contribution in [2.24, 2.45) is 0 Å². The van der Waals surface area contributed by atoms with Crippen LogP contribution in [0.25, 0.3) is 0 Å². The molecule has 1 heterocycles. The third-order valence-corrected chi connectivity index (χ3v) is 3.40. The van der Waals surface area contributed by atoms with Crippen LogP contribution in [0.3, 0.4) is 0 Å². The van der Waals surface area contributed by atoms with Gasteiger partial charge in [-0.25, -0.2) is 4.98 Å². The highest BCUT2D eigenvalue weighted by molar-refractivity contribution is 9.09. The second-order valence-corrected chi connectivity index (χ2v) is 4.33. The summed E-state index contributed by atoms with van der Waals surface area (Å²) in [7, 11) is 0. The molecule has 3 heteroatoms. The molecule has 1 aromatic heterocycles. The lowest BCUT2D eigenvalue weighted by Crippen LogP contribution is -1.76. The molecule has 0 aliphatic heterocycles. The summed E-state index contributed by atoms with van der Waals surface area (Å²) >= 11 is 5.29. The summed E-state index contributed by atoms with van der Waals surface area (Å²) in [5.41, 5.74) is 0. The average Bonchev–Trinajstić information content (AvgIpc) is 2.44. The third-order valence-electron chi connectivity index (χ3n) is 1.48. The number of hydrogen-bond donors (Lipinski definition) is 0. The van der Waals surface area contributed by atoms with Crippen molar-refractivity contribution in [2.75, 3.05) is 0 Å². The van der Waals surface area contributed by atoms with Crippen LogP contribution in [0.2, 0.25) is 0 Å². The zero-order valence-corrected chi connectivity index (χ0v) is 7.15. The normalized spacial score (nSPS) is 32.6. The molecule has 0 radical (unpaired) electrons. The fourth-order valence-corrected chi connectivity index (χ4v) is 2.48. The molecule has 0 saturated heterocycles. The molecule has 1 nitrogen and oxygen atoms in total. The fourth-order valence-electron chi connectivity index (χ4n) is 0.837. The van der Waals surface area contributed by atoms with Gasteiger partial charge in [-0.15, -0.1) is 11.3 Å². The summed E-state index contributed by atoms with van der Waals surface area (Å²) in [5, 5.41) is 3.32. The minimum atomic E-state index is 0.712. The molecule has 0 bridgehead atoms. The van der Waals surface area contributed by atoms with Crippen molar-refractivity contribution in [1.29, 1.82) is 0 Å². The molecule has 1 aromatic rings. The van der Waals surface area contributed by atoms with Crippen LogP contribution >= 0.6 is 27.3 Å². The maximum absolute atomic E-state index is 4.22. The molecule has 2 unspecified atom stereocenters. The summed E-state index contributed by atoms with van der Waals surface area (Å²) in [6.45, 7) is 0. The smallest absolute Gasteiger partial charge is 0.0967 e. The third kappa shape index (κ3) is 1.03. The molecular weight excluding hydrogens is 198 g/mol. The van der Waals surface area contributed by atoms with Gasteiger partial charge in [0.25, 0.3) is 0 Å². The van der Waals surface area contributed by atoms with Crippen LogP contribution in [0.4, 0.5) is 0 Å². The maximum atomic E-state index is 4.22. The van der Waals surface area contributed by atoms with E-state index in [0.29, 0.717) is 4.83 Å². The van der Waals surface area contributed by atoms with E-state index < -0.39 is 0 Å². The topological polar surface area (TPSA) is 12.9 Å². The van der Waals surface area contributed by atoms with Crippen LogP contribution in [0.15, 0.2) is 11.6 Å². The molecule has 1 aliphatic carbocycles. The van der Waals surface area contributed by atoms with E-state index in [1.807, 2.05) is 11.6 Å². The van der Waals surface area contributed by atoms with E-state index in [0.717, 1.165) is 5.92 Å². The summed E-state index contributed by atoms with van der Waals surface area (Å²) in [6.07, 6.45) is 3.14. The first-order chi connectivity index (χ1) is 4.38. The number of aromatic nitrogens is 1. The van der Waals surface area contributed by atoms with E-state index in [1.165, 1.54) is 11.4 Å². The van der Waals surface area contributed by atoms with Crippen LogP contribution in [0.5, 0.6) is 0 Å². The minimum absolute atomic E-state index is 0.712. The number of rotatable bonds is 1. The Hall–Kier alpha value is 0.110. The van der Waals surface area contributed by atoms with Crippen molar-refractivity contribution in [3.05, 3.63) is 16.6 Å². The van der Waals surface area contributed by atoms with Gasteiger partial charge in [-0.1, -0.05) is 15.9 Å². The number of alkyl halides is 1. The Kier molecular flexibility index (Phi) is 1.34. The second kappa shape index (κ2) is 2.06. The van der Waals surface area contributed by atoms with E-state index in [9.17, 15) is 0 Å². The van der Waals surface area contributed by atoms with E-state index in [-0.39, 0.29) is 0 Å². The van der Waals surface area contributed by atoms with Crippen molar-refractivity contribution in [3.63, 3.8) is 0 Å². The predicted molar refractivity (Wildman–Crippen MR) is 42.2 cm³/mol. The summed E-state index contributed by atoms with van der Waals surface area (Å²) in [4.78, 5) is 4.93. The van der Waals surface area contributed by atoms with Crippen molar-refractivity contribution >= 4 is 27.3 Å². The largest absolute Gasteiger partial charge is 0.249 e. The van der Waals surface area contributed by atoms with Crippen molar-refractivity contribution < 1.29 is 0 Å². The van der Waals surface area contributed by atoms with Gasteiger partial charge in [0.1, 0.15) is 0 Å². The Morgan fingerprint density at radius 1 is 1.78 bits per heavy atom. The standard InChI is InChI=1S/C6H6BrNS/c7-5-3-4(5)6-8-1-2-9-6/h1-2,4-5H,3H2. The molecule has 9 heavy (non-hydrogen) atoms. The van der Waals surface area contributed by atoms with Crippen molar-refractivity contribution in [1.82, 2.24) is 4.98 Å². The number of thiazole rings is 1. The Morgan fingerprint density at radius 3 is 3.00 bits per heavy atom. The first-order valence-electron chi connectivity index (χ1n) is 2.91. The Morgan fingerprint density at radius 2 is 2.56 bits per heavy atom. The molecule has 2 rings (SSSR count). The van der Waals surface area contributed by atoms with Gasteiger partial charge in [0, 0.05) is 22.3 Å². The predicted octanol–water partition coefficient (Wildman–Crippen LogP) is 2.39. The maximum Gasteiger partial charge on any atom is 0.0967 e. The quantitative estimate of drug-likeness (QED) is 0.640. The minimum Gasteiger partial charge on any atom is -0.249 e. The van der Waals surface area contributed by atoms with Gasteiger partial charge in [-0.3, -0.25) is 0 Å². The Labute approximate surface area is 66.2 Å². The van der Waals surface area contributed by atoms with Crippen molar-refractivity contribution in [2.45, 2.75) is 17.2 Å². The van der Waals surface area contributed by atoms with Crippen LogP contribution in [0, 0.1) is 0 Å². The highest BCUT2D eigenvalue weighted by Crippen LogP contribution is 2.46. The van der Waals surface area contributed by atoms with Gasteiger partial charge in [0.2, 0.25) is 0 Å². The highest BCUT2D eigenvalue weighted by Gasteiger charge is 2.37. The Balaban J connectivity index is 2.18. The van der Waals surface area contributed by atoms with Crippen LogP contribution in [0.1, 0.15) is 17.3 Å². The molecule has 1 saturated carbocycles. The fraction of sp³-hybridized carbons (Fsp3) is 0.500. The molecular formula is C6H6BrNS. The lowest BCUT2D eigenvalue weighted by molar-refractivity contribution is 1.09. The first kappa shape index (κ1) is 5.86. The molecule has 2 atom stereocenters. The lowest BCUT2D eigenvalue weighted by atomic mass is 10.5. The number of halogens is 1. The van der Waals surface area contributed by atoms with Gasteiger partial charge in [-0.05, 0) is 6.42 Å². The summed E-state index contributed by atoms with van der Waals surface area (Å²) in [6, 6.07) is 0.